The van der Waals surface area contributed by atoms with E-state index in [-0.39, 0.29) is 18.9 Å². The van der Waals surface area contributed by atoms with Crippen LogP contribution >= 0.6 is 0 Å². The molecule has 2 aromatic rings. The Morgan fingerprint density at radius 3 is 3.06 bits per heavy atom. The van der Waals surface area contributed by atoms with Crippen molar-refractivity contribution in [1.82, 2.24) is 4.98 Å². The molecule has 0 radical (unpaired) electrons. The predicted octanol–water partition coefficient (Wildman–Crippen LogP) is 0.442. The molecule has 2 rings (SSSR count). The van der Waals surface area contributed by atoms with E-state index in [9.17, 15) is 9.59 Å². The molecule has 0 aliphatic rings. The van der Waals surface area contributed by atoms with Gasteiger partial charge >= 0.3 is 5.76 Å². The summed E-state index contributed by atoms with van der Waals surface area (Å²) < 4.78 is 4.81. The quantitative estimate of drug-likeness (QED) is 0.702. The molecule has 1 aromatic carbocycles. The summed E-state index contributed by atoms with van der Waals surface area (Å²) in [5.74, 6) is -0.818. The number of aromatic amines is 1. The first-order chi connectivity index (χ1) is 7.69. The molecule has 0 atom stereocenters. The fourth-order valence-corrected chi connectivity index (χ4v) is 1.35. The zero-order valence-electron chi connectivity index (χ0n) is 8.32. The number of benzene rings is 1. The molecule has 0 fully saturated rings. The summed E-state index contributed by atoms with van der Waals surface area (Å²) in [4.78, 5) is 24.6. The number of H-pyrrole nitrogens is 1. The van der Waals surface area contributed by atoms with Crippen LogP contribution < -0.4 is 11.1 Å². The molecule has 0 saturated carbocycles. The average Bonchev–Trinajstić information content (AvgIpc) is 2.57. The number of fused-ring (bicyclic) bond motifs is 1. The number of rotatable bonds is 3. The van der Waals surface area contributed by atoms with Gasteiger partial charge in [-0.15, -0.1) is 0 Å². The van der Waals surface area contributed by atoms with Gasteiger partial charge in [-0.2, -0.15) is 0 Å². The van der Waals surface area contributed by atoms with Gasteiger partial charge in [0.2, 0.25) is 5.91 Å². The lowest BCUT2D eigenvalue weighted by Gasteiger charge is -2.02. The van der Waals surface area contributed by atoms with Gasteiger partial charge in [0.15, 0.2) is 5.58 Å². The number of aliphatic hydroxyl groups is 1. The Hall–Kier alpha value is -2.08. The van der Waals surface area contributed by atoms with Crippen LogP contribution in [0, 0.1) is 0 Å². The van der Waals surface area contributed by atoms with E-state index < -0.39 is 5.76 Å². The first-order valence-corrected chi connectivity index (χ1v) is 4.72. The molecular weight excluding hydrogens is 212 g/mol. The third-order valence-electron chi connectivity index (χ3n) is 2.04. The fourth-order valence-electron chi connectivity index (χ4n) is 1.35. The minimum atomic E-state index is -0.533. The maximum absolute atomic E-state index is 11.2. The number of carbonyl (C=O) groups excluding carboxylic acids is 1. The van der Waals surface area contributed by atoms with Crippen molar-refractivity contribution < 1.29 is 14.3 Å². The third kappa shape index (κ3) is 2.12. The zero-order valence-corrected chi connectivity index (χ0v) is 8.32. The SMILES string of the molecule is O=C(CCO)Nc1ccc2oc(=O)[nH]c2c1. The van der Waals surface area contributed by atoms with Gasteiger partial charge in [-0.05, 0) is 18.2 Å². The summed E-state index contributed by atoms with van der Waals surface area (Å²) in [6, 6.07) is 4.80. The Kier molecular flexibility index (Phi) is 2.74. The standard InChI is InChI=1S/C10H10N2O4/c13-4-3-9(14)11-6-1-2-8-7(5-6)12-10(15)16-8/h1-2,5,13H,3-4H2,(H,11,14)(H,12,15). The normalized spacial score (nSPS) is 10.6. The molecular formula is C10H10N2O4. The largest absolute Gasteiger partial charge is 0.417 e. The van der Waals surface area contributed by atoms with Crippen molar-refractivity contribution in [3.8, 4) is 0 Å². The van der Waals surface area contributed by atoms with Crippen LogP contribution in [-0.2, 0) is 4.79 Å². The summed E-state index contributed by atoms with van der Waals surface area (Å²) in [6.07, 6.45) is 0.0416. The van der Waals surface area contributed by atoms with Crippen molar-refractivity contribution >= 4 is 22.7 Å². The van der Waals surface area contributed by atoms with Crippen LogP contribution in [0.4, 0.5) is 5.69 Å². The molecule has 84 valence electrons. The van der Waals surface area contributed by atoms with Gasteiger partial charge in [-0.25, -0.2) is 4.79 Å². The Morgan fingerprint density at radius 2 is 2.31 bits per heavy atom. The van der Waals surface area contributed by atoms with Crippen molar-refractivity contribution in [2.75, 3.05) is 11.9 Å². The number of amides is 1. The van der Waals surface area contributed by atoms with Gasteiger partial charge in [0, 0.05) is 5.69 Å². The minimum Gasteiger partial charge on any atom is -0.408 e. The third-order valence-corrected chi connectivity index (χ3v) is 2.04. The van der Waals surface area contributed by atoms with Gasteiger partial charge < -0.3 is 14.8 Å². The van der Waals surface area contributed by atoms with Crippen LogP contribution in [0.1, 0.15) is 6.42 Å². The number of hydrogen-bond acceptors (Lipinski definition) is 4. The van der Waals surface area contributed by atoms with E-state index in [2.05, 4.69) is 10.3 Å². The molecule has 1 amide bonds. The molecule has 6 nitrogen and oxygen atoms in total. The van der Waals surface area contributed by atoms with Crippen molar-refractivity contribution in [2.24, 2.45) is 0 Å². The van der Waals surface area contributed by atoms with E-state index >= 15 is 0 Å². The van der Waals surface area contributed by atoms with Gasteiger partial charge in [0.05, 0.1) is 18.5 Å². The second kappa shape index (κ2) is 4.19. The van der Waals surface area contributed by atoms with Crippen molar-refractivity contribution in [2.45, 2.75) is 6.42 Å². The van der Waals surface area contributed by atoms with Crippen LogP contribution in [0.15, 0.2) is 27.4 Å². The minimum absolute atomic E-state index is 0.0416. The molecule has 0 spiro atoms. The van der Waals surface area contributed by atoms with E-state index in [0.29, 0.717) is 16.8 Å². The summed E-state index contributed by atoms with van der Waals surface area (Å²) in [5.41, 5.74) is 1.50. The number of aliphatic hydroxyl groups excluding tert-OH is 1. The highest BCUT2D eigenvalue weighted by Gasteiger charge is 2.04. The van der Waals surface area contributed by atoms with E-state index in [1.54, 1.807) is 18.2 Å². The maximum atomic E-state index is 11.2. The molecule has 1 heterocycles. The highest BCUT2D eigenvalue weighted by Crippen LogP contribution is 2.16. The number of carbonyl (C=O) groups is 1. The fraction of sp³-hybridized carbons (Fsp3) is 0.200. The second-order valence-corrected chi connectivity index (χ2v) is 3.25. The summed E-state index contributed by atoms with van der Waals surface area (Å²) in [7, 11) is 0. The molecule has 0 aliphatic heterocycles. The maximum Gasteiger partial charge on any atom is 0.417 e. The van der Waals surface area contributed by atoms with E-state index in [4.69, 9.17) is 9.52 Å². The zero-order chi connectivity index (χ0) is 11.5. The van der Waals surface area contributed by atoms with Gasteiger partial charge in [-0.1, -0.05) is 0 Å². The van der Waals surface area contributed by atoms with E-state index in [0.717, 1.165) is 0 Å². The average molecular weight is 222 g/mol. The lowest BCUT2D eigenvalue weighted by molar-refractivity contribution is -0.116. The molecule has 0 bridgehead atoms. The van der Waals surface area contributed by atoms with Crippen LogP contribution in [0.3, 0.4) is 0 Å². The monoisotopic (exact) mass is 222 g/mol. The summed E-state index contributed by atoms with van der Waals surface area (Å²) in [6.45, 7) is -0.198. The van der Waals surface area contributed by atoms with Crippen LogP contribution in [0.2, 0.25) is 0 Å². The van der Waals surface area contributed by atoms with Crippen molar-refractivity contribution in [1.29, 1.82) is 0 Å². The number of oxazole rings is 1. The van der Waals surface area contributed by atoms with Crippen LogP contribution in [0.25, 0.3) is 11.1 Å². The number of nitrogens with one attached hydrogen (secondary N) is 2. The van der Waals surface area contributed by atoms with E-state index in [1.165, 1.54) is 0 Å². The molecule has 6 heteroatoms. The number of anilines is 1. The summed E-state index contributed by atoms with van der Waals surface area (Å²) in [5, 5.41) is 11.1. The van der Waals surface area contributed by atoms with Crippen LogP contribution in [0.5, 0.6) is 0 Å². The lowest BCUT2D eigenvalue weighted by Crippen LogP contribution is -2.12. The number of aromatic nitrogens is 1. The molecule has 0 unspecified atom stereocenters. The topological polar surface area (TPSA) is 95.3 Å². The van der Waals surface area contributed by atoms with Crippen molar-refractivity contribution in [3.63, 3.8) is 0 Å². The lowest BCUT2D eigenvalue weighted by atomic mass is 10.3. The molecule has 1 aromatic heterocycles. The first-order valence-electron chi connectivity index (χ1n) is 4.72. The first kappa shape index (κ1) is 10.4. The Balaban J connectivity index is 2.25. The molecule has 3 N–H and O–H groups in total. The molecule has 16 heavy (non-hydrogen) atoms. The second-order valence-electron chi connectivity index (χ2n) is 3.25. The Labute approximate surface area is 89.9 Å². The van der Waals surface area contributed by atoms with Gasteiger partial charge in [0.25, 0.3) is 0 Å². The molecule has 0 saturated heterocycles. The number of hydrogen-bond donors (Lipinski definition) is 3. The molecule has 0 aliphatic carbocycles. The van der Waals surface area contributed by atoms with E-state index in [1.807, 2.05) is 0 Å². The highest BCUT2D eigenvalue weighted by atomic mass is 16.4. The summed E-state index contributed by atoms with van der Waals surface area (Å²) >= 11 is 0. The van der Waals surface area contributed by atoms with Gasteiger partial charge in [-0.3, -0.25) is 9.78 Å². The smallest absolute Gasteiger partial charge is 0.408 e. The predicted molar refractivity (Wildman–Crippen MR) is 57.2 cm³/mol. The van der Waals surface area contributed by atoms with Crippen molar-refractivity contribution in [3.05, 3.63) is 28.7 Å². The van der Waals surface area contributed by atoms with Gasteiger partial charge in [0.1, 0.15) is 0 Å². The Bertz CT molecular complexity index is 569. The Morgan fingerprint density at radius 1 is 1.50 bits per heavy atom. The highest BCUT2D eigenvalue weighted by molar-refractivity contribution is 5.92. The van der Waals surface area contributed by atoms with Crippen LogP contribution in [-0.4, -0.2) is 22.6 Å².